The number of hydrogen-bond donors (Lipinski definition) is 2. The van der Waals surface area contributed by atoms with Gasteiger partial charge in [0.25, 0.3) is 10.0 Å². The van der Waals surface area contributed by atoms with E-state index >= 15 is 0 Å². The second-order valence-corrected chi connectivity index (χ2v) is 6.32. The predicted molar refractivity (Wildman–Crippen MR) is 82.9 cm³/mol. The highest BCUT2D eigenvalue weighted by Gasteiger charge is 2.20. The van der Waals surface area contributed by atoms with Crippen molar-refractivity contribution in [2.45, 2.75) is 18.4 Å². The zero-order valence-electron chi connectivity index (χ0n) is 12.0. The van der Waals surface area contributed by atoms with E-state index in [1.165, 1.54) is 13.2 Å². The average molecular weight is 306 g/mol. The molecule has 5 nitrogen and oxygen atoms in total. The van der Waals surface area contributed by atoms with E-state index in [0.29, 0.717) is 5.69 Å². The minimum Gasteiger partial charge on any atom is -0.495 e. The number of hydrogen-bond acceptors (Lipinski definition) is 4. The van der Waals surface area contributed by atoms with Crippen LogP contribution in [0.25, 0.3) is 0 Å². The van der Waals surface area contributed by atoms with Crippen molar-refractivity contribution in [3.8, 4) is 5.75 Å². The lowest BCUT2D eigenvalue weighted by atomic mass is 10.2. The van der Waals surface area contributed by atoms with Gasteiger partial charge in [-0.25, -0.2) is 8.42 Å². The Hall–Kier alpha value is -2.05. The molecule has 2 aromatic rings. The van der Waals surface area contributed by atoms with Gasteiger partial charge in [0, 0.05) is 12.2 Å². The van der Waals surface area contributed by atoms with Gasteiger partial charge < -0.3 is 10.5 Å². The molecule has 0 bridgehead atoms. The normalized spacial score (nSPS) is 11.2. The van der Waals surface area contributed by atoms with Crippen LogP contribution in [0, 0.1) is 6.92 Å². The summed E-state index contributed by atoms with van der Waals surface area (Å²) in [6, 6.07) is 12.0. The summed E-state index contributed by atoms with van der Waals surface area (Å²) in [4.78, 5) is 0.0782. The molecule has 0 aromatic heterocycles. The third-order valence-corrected chi connectivity index (χ3v) is 4.43. The van der Waals surface area contributed by atoms with E-state index in [0.717, 1.165) is 11.1 Å². The molecule has 0 fully saturated rings. The van der Waals surface area contributed by atoms with Crippen molar-refractivity contribution in [1.82, 2.24) is 0 Å². The number of benzene rings is 2. The summed E-state index contributed by atoms with van der Waals surface area (Å²) in [6.45, 7) is 2.16. The fourth-order valence-corrected chi connectivity index (χ4v) is 3.25. The maximum absolute atomic E-state index is 12.5. The number of anilines is 1. The molecule has 0 saturated heterocycles. The summed E-state index contributed by atoms with van der Waals surface area (Å²) in [5.74, 6) is 0.285. The molecule has 0 aliphatic heterocycles. The lowest BCUT2D eigenvalue weighted by molar-refractivity contribution is 0.402. The van der Waals surface area contributed by atoms with Crippen molar-refractivity contribution in [2.75, 3.05) is 11.8 Å². The van der Waals surface area contributed by atoms with Gasteiger partial charge in [-0.15, -0.1) is 0 Å². The van der Waals surface area contributed by atoms with Crippen LogP contribution < -0.4 is 15.2 Å². The van der Waals surface area contributed by atoms with Crippen molar-refractivity contribution in [2.24, 2.45) is 5.73 Å². The first-order valence-corrected chi connectivity index (χ1v) is 7.91. The van der Waals surface area contributed by atoms with Gasteiger partial charge in [0.2, 0.25) is 0 Å². The van der Waals surface area contributed by atoms with Gasteiger partial charge in [0.05, 0.1) is 7.11 Å². The van der Waals surface area contributed by atoms with E-state index < -0.39 is 10.0 Å². The Morgan fingerprint density at radius 2 is 1.95 bits per heavy atom. The van der Waals surface area contributed by atoms with Gasteiger partial charge in [-0.05, 0) is 42.3 Å². The number of aryl methyl sites for hydroxylation is 1. The van der Waals surface area contributed by atoms with Crippen LogP contribution in [0.4, 0.5) is 5.69 Å². The lowest BCUT2D eigenvalue weighted by Crippen LogP contribution is -2.15. The molecule has 0 spiro atoms. The second kappa shape index (κ2) is 6.15. The number of ether oxygens (including phenoxy) is 1. The van der Waals surface area contributed by atoms with Gasteiger partial charge >= 0.3 is 0 Å². The third-order valence-electron chi connectivity index (χ3n) is 3.02. The van der Waals surface area contributed by atoms with Crippen molar-refractivity contribution < 1.29 is 13.2 Å². The van der Waals surface area contributed by atoms with Gasteiger partial charge in [-0.1, -0.05) is 18.2 Å². The Labute approximate surface area is 124 Å². The van der Waals surface area contributed by atoms with Crippen LogP contribution >= 0.6 is 0 Å². The molecule has 0 unspecified atom stereocenters. The summed E-state index contributed by atoms with van der Waals surface area (Å²) >= 11 is 0. The molecular formula is C15H18N2O3S. The van der Waals surface area contributed by atoms with Crippen LogP contribution in [0.2, 0.25) is 0 Å². The number of methoxy groups -OCH3 is 1. The Morgan fingerprint density at radius 1 is 1.19 bits per heavy atom. The van der Waals surface area contributed by atoms with E-state index in [-0.39, 0.29) is 17.2 Å². The molecule has 0 saturated carbocycles. The summed E-state index contributed by atoms with van der Waals surface area (Å²) in [7, 11) is -2.30. The maximum Gasteiger partial charge on any atom is 0.265 e. The van der Waals surface area contributed by atoms with E-state index in [9.17, 15) is 8.42 Å². The van der Waals surface area contributed by atoms with Crippen molar-refractivity contribution in [3.05, 3.63) is 53.6 Å². The highest BCUT2D eigenvalue weighted by atomic mass is 32.2. The van der Waals surface area contributed by atoms with Crippen LogP contribution in [0.3, 0.4) is 0 Å². The molecular weight excluding hydrogens is 288 g/mol. The smallest absolute Gasteiger partial charge is 0.265 e. The van der Waals surface area contributed by atoms with Crippen LogP contribution in [-0.2, 0) is 16.6 Å². The summed E-state index contributed by atoms with van der Waals surface area (Å²) in [5.41, 5.74) is 7.77. The summed E-state index contributed by atoms with van der Waals surface area (Å²) in [6.07, 6.45) is 0. The molecule has 0 atom stereocenters. The SMILES string of the molecule is COc1ccc(CN)cc1S(=O)(=O)Nc1cccc(C)c1. The van der Waals surface area contributed by atoms with Gasteiger partial charge in [-0.3, -0.25) is 4.72 Å². The lowest BCUT2D eigenvalue weighted by Gasteiger charge is -2.13. The molecule has 0 radical (unpaired) electrons. The standard InChI is InChI=1S/C15H18N2O3S/c1-11-4-3-5-13(8-11)17-21(18,19)15-9-12(10-16)6-7-14(15)20-2/h3-9,17H,10,16H2,1-2H3. The van der Waals surface area contributed by atoms with Gasteiger partial charge in [0.15, 0.2) is 0 Å². The van der Waals surface area contributed by atoms with Crippen molar-refractivity contribution in [1.29, 1.82) is 0 Å². The van der Waals surface area contributed by atoms with Gasteiger partial charge in [0.1, 0.15) is 10.6 Å². The fourth-order valence-electron chi connectivity index (χ4n) is 1.98. The molecule has 2 rings (SSSR count). The fraction of sp³-hybridized carbons (Fsp3) is 0.200. The van der Waals surface area contributed by atoms with E-state index in [4.69, 9.17) is 10.5 Å². The van der Waals surface area contributed by atoms with E-state index in [1.807, 2.05) is 13.0 Å². The van der Waals surface area contributed by atoms with Crippen molar-refractivity contribution >= 4 is 15.7 Å². The Kier molecular flexibility index (Phi) is 4.50. The number of rotatable bonds is 5. The summed E-state index contributed by atoms with van der Waals surface area (Å²) in [5, 5.41) is 0. The van der Waals surface area contributed by atoms with Crippen molar-refractivity contribution in [3.63, 3.8) is 0 Å². The quantitative estimate of drug-likeness (QED) is 0.888. The Bertz CT molecular complexity index is 742. The van der Waals surface area contributed by atoms with Crippen LogP contribution in [0.5, 0.6) is 5.75 Å². The number of nitrogens with one attached hydrogen (secondary N) is 1. The number of sulfonamides is 1. The molecule has 2 aromatic carbocycles. The van der Waals surface area contributed by atoms with E-state index in [1.54, 1.807) is 30.3 Å². The summed E-state index contributed by atoms with van der Waals surface area (Å²) < 4.78 is 32.7. The molecule has 3 N–H and O–H groups in total. The Balaban J connectivity index is 2.43. The molecule has 0 aliphatic carbocycles. The van der Waals surface area contributed by atoms with Crippen LogP contribution in [-0.4, -0.2) is 15.5 Å². The second-order valence-electron chi connectivity index (χ2n) is 4.66. The monoisotopic (exact) mass is 306 g/mol. The minimum absolute atomic E-state index is 0.0782. The Morgan fingerprint density at radius 3 is 2.57 bits per heavy atom. The van der Waals surface area contributed by atoms with Crippen LogP contribution in [0.15, 0.2) is 47.4 Å². The highest BCUT2D eigenvalue weighted by Crippen LogP contribution is 2.27. The van der Waals surface area contributed by atoms with E-state index in [2.05, 4.69) is 4.72 Å². The minimum atomic E-state index is -3.74. The molecule has 0 heterocycles. The zero-order valence-corrected chi connectivity index (χ0v) is 12.8. The third kappa shape index (κ3) is 3.53. The maximum atomic E-state index is 12.5. The first-order valence-electron chi connectivity index (χ1n) is 6.43. The molecule has 6 heteroatoms. The van der Waals surface area contributed by atoms with Gasteiger partial charge in [-0.2, -0.15) is 0 Å². The molecule has 0 aliphatic rings. The molecule has 0 amide bonds. The highest BCUT2D eigenvalue weighted by molar-refractivity contribution is 7.92. The first kappa shape index (κ1) is 15.3. The predicted octanol–water partition coefficient (Wildman–Crippen LogP) is 2.26. The molecule has 112 valence electrons. The largest absolute Gasteiger partial charge is 0.495 e. The average Bonchev–Trinajstić information content (AvgIpc) is 2.46. The topological polar surface area (TPSA) is 81.4 Å². The molecule has 21 heavy (non-hydrogen) atoms. The first-order chi connectivity index (χ1) is 9.96. The zero-order chi connectivity index (χ0) is 15.5. The number of nitrogens with two attached hydrogens (primary N) is 1. The van der Waals surface area contributed by atoms with Crippen LogP contribution in [0.1, 0.15) is 11.1 Å².